The molecule has 0 fully saturated rings. The third-order valence-electron chi connectivity index (χ3n) is 1.88. The van der Waals surface area contributed by atoms with Crippen LogP contribution >= 0.6 is 27.5 Å². The number of ether oxygens (including phenoxy) is 2. The van der Waals surface area contributed by atoms with Crippen LogP contribution in [0, 0.1) is 0 Å². The molecule has 0 bridgehead atoms. The second kappa shape index (κ2) is 5.37. The zero-order valence-electron chi connectivity index (χ0n) is 8.29. The van der Waals surface area contributed by atoms with Gasteiger partial charge in [-0.2, -0.15) is 0 Å². The van der Waals surface area contributed by atoms with Crippen LogP contribution < -0.4 is 4.74 Å². The number of benzene rings is 1. The quantitative estimate of drug-likeness (QED) is 0.635. The van der Waals surface area contributed by atoms with Crippen molar-refractivity contribution in [3.63, 3.8) is 0 Å². The Morgan fingerprint density at radius 1 is 1.47 bits per heavy atom. The molecule has 82 valence electrons. The van der Waals surface area contributed by atoms with Crippen molar-refractivity contribution in [2.24, 2.45) is 0 Å². The van der Waals surface area contributed by atoms with Crippen LogP contribution in [0.25, 0.3) is 0 Å². The fourth-order valence-corrected chi connectivity index (χ4v) is 1.82. The molecule has 3 nitrogen and oxygen atoms in total. The molecule has 0 heterocycles. The Morgan fingerprint density at radius 2 is 2.13 bits per heavy atom. The van der Waals surface area contributed by atoms with Gasteiger partial charge in [0, 0.05) is 0 Å². The van der Waals surface area contributed by atoms with Crippen molar-refractivity contribution in [3.05, 3.63) is 28.8 Å². The van der Waals surface area contributed by atoms with Gasteiger partial charge in [-0.15, -0.1) is 0 Å². The summed E-state index contributed by atoms with van der Waals surface area (Å²) >= 11 is 9.14. The van der Waals surface area contributed by atoms with Crippen LogP contribution in [0.15, 0.2) is 18.2 Å². The maximum absolute atomic E-state index is 11.2. The summed E-state index contributed by atoms with van der Waals surface area (Å²) in [7, 11) is 2.87. The third-order valence-corrected chi connectivity index (χ3v) is 3.07. The van der Waals surface area contributed by atoms with E-state index >= 15 is 0 Å². The molecule has 0 amide bonds. The summed E-state index contributed by atoms with van der Waals surface area (Å²) in [5.74, 6) is 0.209. The van der Waals surface area contributed by atoms with Gasteiger partial charge in [0.1, 0.15) is 10.6 Å². The molecule has 5 heteroatoms. The fourth-order valence-electron chi connectivity index (χ4n) is 1.08. The van der Waals surface area contributed by atoms with Crippen LogP contribution in [0.5, 0.6) is 5.75 Å². The normalized spacial score (nSPS) is 12.0. The molecule has 1 rings (SSSR count). The number of hydrogen-bond donors (Lipinski definition) is 0. The lowest BCUT2D eigenvalue weighted by Crippen LogP contribution is -2.08. The van der Waals surface area contributed by atoms with Gasteiger partial charge in [0.05, 0.1) is 19.2 Å². The summed E-state index contributed by atoms with van der Waals surface area (Å²) in [5, 5.41) is 0.461. The highest BCUT2D eigenvalue weighted by atomic mass is 79.9. The maximum atomic E-state index is 11.2. The van der Waals surface area contributed by atoms with Crippen molar-refractivity contribution >= 4 is 33.5 Å². The monoisotopic (exact) mass is 292 g/mol. The number of hydrogen-bond acceptors (Lipinski definition) is 3. The van der Waals surface area contributed by atoms with Gasteiger partial charge in [-0.1, -0.05) is 33.6 Å². The molecular weight excluding hydrogens is 283 g/mol. The smallest absolute Gasteiger partial charge is 0.323 e. The standard InChI is InChI=1S/C10H10BrClO3/c1-14-8-4-3-6(5-7(8)12)9(11)10(13)15-2/h3-5,9H,1-2H3. The van der Waals surface area contributed by atoms with Crippen molar-refractivity contribution in [1.82, 2.24) is 0 Å². The first kappa shape index (κ1) is 12.3. The maximum Gasteiger partial charge on any atom is 0.323 e. The van der Waals surface area contributed by atoms with Gasteiger partial charge in [0.2, 0.25) is 0 Å². The second-order valence-electron chi connectivity index (χ2n) is 2.78. The zero-order chi connectivity index (χ0) is 11.4. The lowest BCUT2D eigenvalue weighted by molar-refractivity contribution is -0.139. The molecule has 0 aliphatic rings. The van der Waals surface area contributed by atoms with Crippen molar-refractivity contribution in [3.8, 4) is 5.75 Å². The van der Waals surface area contributed by atoms with E-state index in [0.29, 0.717) is 10.8 Å². The van der Waals surface area contributed by atoms with Crippen LogP contribution in [-0.2, 0) is 9.53 Å². The van der Waals surface area contributed by atoms with E-state index in [1.165, 1.54) is 14.2 Å². The van der Waals surface area contributed by atoms with Gasteiger partial charge in [-0.3, -0.25) is 4.79 Å². The third kappa shape index (κ3) is 2.86. The Labute approximate surface area is 101 Å². The lowest BCUT2D eigenvalue weighted by atomic mass is 10.1. The molecule has 1 aromatic carbocycles. The SMILES string of the molecule is COC(=O)C(Br)c1ccc(OC)c(Cl)c1. The highest BCUT2D eigenvalue weighted by Gasteiger charge is 2.18. The summed E-state index contributed by atoms with van der Waals surface area (Å²) in [6.07, 6.45) is 0. The van der Waals surface area contributed by atoms with E-state index in [4.69, 9.17) is 16.3 Å². The average molecular weight is 294 g/mol. The van der Waals surface area contributed by atoms with E-state index in [2.05, 4.69) is 20.7 Å². The van der Waals surface area contributed by atoms with Crippen molar-refractivity contribution in [2.45, 2.75) is 4.83 Å². The largest absolute Gasteiger partial charge is 0.495 e. The summed E-state index contributed by atoms with van der Waals surface area (Å²) in [6, 6.07) is 5.12. The molecule has 0 aromatic heterocycles. The molecule has 15 heavy (non-hydrogen) atoms. The molecule has 1 atom stereocenters. The molecule has 1 unspecified atom stereocenters. The van der Waals surface area contributed by atoms with Crippen LogP contribution in [0.3, 0.4) is 0 Å². The van der Waals surface area contributed by atoms with Gasteiger partial charge in [-0.05, 0) is 17.7 Å². The molecule has 0 radical (unpaired) electrons. The van der Waals surface area contributed by atoms with Crippen molar-refractivity contribution < 1.29 is 14.3 Å². The van der Waals surface area contributed by atoms with E-state index in [-0.39, 0.29) is 5.97 Å². The number of methoxy groups -OCH3 is 2. The first-order chi connectivity index (χ1) is 7.10. The molecule has 0 saturated heterocycles. The average Bonchev–Trinajstić information content (AvgIpc) is 2.26. The summed E-state index contributed by atoms with van der Waals surface area (Å²) in [4.78, 5) is 10.7. The van der Waals surface area contributed by atoms with E-state index in [1.54, 1.807) is 18.2 Å². The van der Waals surface area contributed by atoms with Crippen molar-refractivity contribution in [2.75, 3.05) is 14.2 Å². The minimum absolute atomic E-state index is 0.365. The van der Waals surface area contributed by atoms with E-state index in [1.807, 2.05) is 0 Å². The Kier molecular flexibility index (Phi) is 4.42. The molecule has 0 aliphatic heterocycles. The van der Waals surface area contributed by atoms with E-state index < -0.39 is 4.83 Å². The fraction of sp³-hybridized carbons (Fsp3) is 0.300. The number of carbonyl (C=O) groups excluding carboxylic acids is 1. The van der Waals surface area contributed by atoms with Gasteiger partial charge >= 0.3 is 5.97 Å². The van der Waals surface area contributed by atoms with E-state index in [9.17, 15) is 4.79 Å². The molecule has 0 N–H and O–H groups in total. The number of halogens is 2. The zero-order valence-corrected chi connectivity index (χ0v) is 10.6. The number of rotatable bonds is 3. The van der Waals surface area contributed by atoms with Gasteiger partial charge in [0.25, 0.3) is 0 Å². The summed E-state index contributed by atoms with van der Waals surface area (Å²) in [5.41, 5.74) is 0.729. The Bertz CT molecular complexity index is 368. The summed E-state index contributed by atoms with van der Waals surface area (Å²) in [6.45, 7) is 0. The Balaban J connectivity index is 2.97. The minimum atomic E-state index is -0.508. The second-order valence-corrected chi connectivity index (χ2v) is 4.10. The molecule has 1 aromatic rings. The Morgan fingerprint density at radius 3 is 2.60 bits per heavy atom. The predicted molar refractivity (Wildman–Crippen MR) is 61.7 cm³/mol. The minimum Gasteiger partial charge on any atom is -0.495 e. The Hall–Kier alpha value is -0.740. The summed E-state index contributed by atoms with van der Waals surface area (Å²) < 4.78 is 9.61. The number of alkyl halides is 1. The molecular formula is C10H10BrClO3. The number of carbonyl (C=O) groups is 1. The molecule has 0 saturated carbocycles. The lowest BCUT2D eigenvalue weighted by Gasteiger charge is -2.09. The predicted octanol–water partition coefficient (Wildman–Crippen LogP) is 2.96. The molecule has 0 aliphatic carbocycles. The van der Waals surface area contributed by atoms with Gasteiger partial charge < -0.3 is 9.47 Å². The van der Waals surface area contributed by atoms with Crippen LogP contribution in [0.4, 0.5) is 0 Å². The van der Waals surface area contributed by atoms with Gasteiger partial charge in [0.15, 0.2) is 0 Å². The number of esters is 1. The topological polar surface area (TPSA) is 35.5 Å². The first-order valence-electron chi connectivity index (χ1n) is 4.15. The highest BCUT2D eigenvalue weighted by molar-refractivity contribution is 9.09. The van der Waals surface area contributed by atoms with Crippen molar-refractivity contribution in [1.29, 1.82) is 0 Å². The molecule has 0 spiro atoms. The van der Waals surface area contributed by atoms with Crippen LogP contribution in [0.2, 0.25) is 5.02 Å². The van der Waals surface area contributed by atoms with E-state index in [0.717, 1.165) is 5.56 Å². The van der Waals surface area contributed by atoms with Crippen LogP contribution in [0.1, 0.15) is 10.4 Å². The van der Waals surface area contributed by atoms with Crippen LogP contribution in [-0.4, -0.2) is 20.2 Å². The first-order valence-corrected chi connectivity index (χ1v) is 5.45. The van der Waals surface area contributed by atoms with Gasteiger partial charge in [-0.25, -0.2) is 0 Å². The highest BCUT2D eigenvalue weighted by Crippen LogP contribution is 2.31.